The van der Waals surface area contributed by atoms with Gasteiger partial charge in [0.05, 0.1) is 11.5 Å². The normalized spacial score (nSPS) is 11.8. The Morgan fingerprint density at radius 3 is 2.25 bits per heavy atom. The minimum atomic E-state index is -0.522. The topological polar surface area (TPSA) is 78.9 Å². The molecule has 0 fully saturated rings. The first-order valence-electron chi connectivity index (χ1n) is 6.74. The molecule has 0 saturated heterocycles. The third kappa shape index (κ3) is 5.02. The van der Waals surface area contributed by atoms with Crippen LogP contribution in [0.3, 0.4) is 0 Å². The van der Waals surface area contributed by atoms with Crippen LogP contribution in [0.4, 0.5) is 5.69 Å². The van der Waals surface area contributed by atoms with Crippen LogP contribution in [0.2, 0.25) is 0 Å². The molecule has 0 bridgehead atoms. The standard InChI is InChI=1S/C16H23N3O/c1-15(2,11-17)12-5-7-13(8-6-12)19-14(20)9-10-16(3,4)18/h5-8H,9-10,18H2,1-4H3,(H,19,20). The molecule has 20 heavy (non-hydrogen) atoms. The number of rotatable bonds is 5. The number of carbonyl (C=O) groups is 1. The van der Waals surface area contributed by atoms with E-state index in [4.69, 9.17) is 11.0 Å². The van der Waals surface area contributed by atoms with Gasteiger partial charge in [0.15, 0.2) is 0 Å². The molecule has 0 radical (unpaired) electrons. The molecular formula is C16H23N3O. The summed E-state index contributed by atoms with van der Waals surface area (Å²) in [7, 11) is 0. The maximum absolute atomic E-state index is 11.8. The third-order valence-electron chi connectivity index (χ3n) is 3.17. The number of nitriles is 1. The molecule has 4 nitrogen and oxygen atoms in total. The number of amides is 1. The Hall–Kier alpha value is -1.86. The number of nitrogens with one attached hydrogen (secondary N) is 1. The van der Waals surface area contributed by atoms with Crippen molar-refractivity contribution in [2.24, 2.45) is 5.73 Å². The maximum Gasteiger partial charge on any atom is 0.224 e. The minimum absolute atomic E-state index is 0.0455. The van der Waals surface area contributed by atoms with Crippen molar-refractivity contribution in [3.63, 3.8) is 0 Å². The molecule has 0 aromatic heterocycles. The summed E-state index contributed by atoms with van der Waals surface area (Å²) in [5.74, 6) is -0.0455. The fourth-order valence-electron chi connectivity index (χ4n) is 1.69. The molecule has 0 aliphatic heterocycles. The monoisotopic (exact) mass is 273 g/mol. The quantitative estimate of drug-likeness (QED) is 0.865. The Morgan fingerprint density at radius 1 is 1.25 bits per heavy atom. The van der Waals surface area contributed by atoms with Crippen LogP contribution in [0.1, 0.15) is 46.1 Å². The second kappa shape index (κ2) is 6.06. The molecule has 1 amide bonds. The highest BCUT2D eigenvalue weighted by atomic mass is 16.1. The van der Waals surface area contributed by atoms with E-state index in [0.29, 0.717) is 12.8 Å². The summed E-state index contributed by atoms with van der Waals surface area (Å²) in [5.41, 5.74) is 6.66. The number of carbonyl (C=O) groups excluding carboxylic acids is 1. The molecule has 108 valence electrons. The zero-order valence-electron chi connectivity index (χ0n) is 12.7. The summed E-state index contributed by atoms with van der Waals surface area (Å²) in [5, 5.41) is 11.9. The zero-order valence-corrected chi connectivity index (χ0v) is 12.7. The molecule has 0 saturated carbocycles. The van der Waals surface area contributed by atoms with Crippen molar-refractivity contribution in [3.8, 4) is 6.07 Å². The second-order valence-electron chi connectivity index (χ2n) is 6.35. The van der Waals surface area contributed by atoms with E-state index in [0.717, 1.165) is 11.3 Å². The van der Waals surface area contributed by atoms with Gasteiger partial charge in [-0.3, -0.25) is 4.79 Å². The predicted molar refractivity (Wildman–Crippen MR) is 81.2 cm³/mol. The van der Waals surface area contributed by atoms with Gasteiger partial charge in [0, 0.05) is 17.6 Å². The van der Waals surface area contributed by atoms with Crippen molar-refractivity contribution in [2.45, 2.75) is 51.5 Å². The van der Waals surface area contributed by atoms with Crippen molar-refractivity contribution in [2.75, 3.05) is 5.32 Å². The molecule has 0 atom stereocenters. The van der Waals surface area contributed by atoms with Gasteiger partial charge in [-0.05, 0) is 51.8 Å². The lowest BCUT2D eigenvalue weighted by Crippen LogP contribution is -2.33. The summed E-state index contributed by atoms with van der Waals surface area (Å²) in [6.07, 6.45) is 1.04. The van der Waals surface area contributed by atoms with Gasteiger partial charge < -0.3 is 11.1 Å². The predicted octanol–water partition coefficient (Wildman–Crippen LogP) is 2.94. The van der Waals surface area contributed by atoms with E-state index < -0.39 is 5.41 Å². The molecule has 0 aliphatic carbocycles. The first kappa shape index (κ1) is 16.2. The minimum Gasteiger partial charge on any atom is -0.326 e. The lowest BCUT2D eigenvalue weighted by atomic mass is 9.86. The first-order valence-corrected chi connectivity index (χ1v) is 6.74. The van der Waals surface area contributed by atoms with Gasteiger partial charge in [-0.25, -0.2) is 0 Å². The van der Waals surface area contributed by atoms with E-state index in [-0.39, 0.29) is 11.4 Å². The van der Waals surface area contributed by atoms with Crippen LogP contribution < -0.4 is 11.1 Å². The van der Waals surface area contributed by atoms with Crippen molar-refractivity contribution >= 4 is 11.6 Å². The van der Waals surface area contributed by atoms with Crippen molar-refractivity contribution in [1.29, 1.82) is 5.26 Å². The van der Waals surface area contributed by atoms with E-state index in [2.05, 4.69) is 11.4 Å². The fourth-order valence-corrected chi connectivity index (χ4v) is 1.69. The molecule has 0 heterocycles. The Kier molecular flexibility index (Phi) is 4.91. The Morgan fingerprint density at radius 2 is 1.80 bits per heavy atom. The molecule has 0 unspecified atom stereocenters. The van der Waals surface area contributed by atoms with Crippen LogP contribution in [0.15, 0.2) is 24.3 Å². The number of nitrogens with zero attached hydrogens (tertiary/aromatic N) is 1. The highest BCUT2D eigenvalue weighted by Crippen LogP contribution is 2.23. The van der Waals surface area contributed by atoms with Gasteiger partial charge >= 0.3 is 0 Å². The van der Waals surface area contributed by atoms with E-state index >= 15 is 0 Å². The van der Waals surface area contributed by atoms with Gasteiger partial charge in [-0.15, -0.1) is 0 Å². The average molecular weight is 273 g/mol. The van der Waals surface area contributed by atoms with Gasteiger partial charge in [0.2, 0.25) is 5.91 Å². The maximum atomic E-state index is 11.8. The molecule has 0 aliphatic rings. The number of benzene rings is 1. The largest absolute Gasteiger partial charge is 0.326 e. The van der Waals surface area contributed by atoms with Crippen LogP contribution in [-0.4, -0.2) is 11.4 Å². The Balaban J connectivity index is 2.63. The molecule has 4 heteroatoms. The van der Waals surface area contributed by atoms with Crippen LogP contribution in [0, 0.1) is 11.3 Å². The molecule has 3 N–H and O–H groups in total. The van der Waals surface area contributed by atoms with E-state index in [1.165, 1.54) is 0 Å². The lowest BCUT2D eigenvalue weighted by Gasteiger charge is -2.18. The van der Waals surface area contributed by atoms with E-state index in [1.54, 1.807) is 0 Å². The van der Waals surface area contributed by atoms with Gasteiger partial charge in [0.25, 0.3) is 0 Å². The summed E-state index contributed by atoms with van der Waals surface area (Å²) < 4.78 is 0. The number of hydrogen-bond donors (Lipinski definition) is 2. The average Bonchev–Trinajstić information content (AvgIpc) is 2.36. The Labute approximate surface area is 121 Å². The molecular weight excluding hydrogens is 250 g/mol. The van der Waals surface area contributed by atoms with E-state index in [9.17, 15) is 4.79 Å². The van der Waals surface area contributed by atoms with Gasteiger partial charge in [0.1, 0.15) is 0 Å². The van der Waals surface area contributed by atoms with Crippen molar-refractivity contribution < 1.29 is 4.79 Å². The summed E-state index contributed by atoms with van der Waals surface area (Å²) in [6.45, 7) is 7.53. The summed E-state index contributed by atoms with van der Waals surface area (Å²) >= 11 is 0. The van der Waals surface area contributed by atoms with E-state index in [1.807, 2.05) is 52.0 Å². The molecule has 0 spiro atoms. The van der Waals surface area contributed by atoms with Crippen LogP contribution in [0.5, 0.6) is 0 Å². The lowest BCUT2D eigenvalue weighted by molar-refractivity contribution is -0.116. The second-order valence-corrected chi connectivity index (χ2v) is 6.35. The highest BCUT2D eigenvalue weighted by molar-refractivity contribution is 5.90. The van der Waals surface area contributed by atoms with Crippen molar-refractivity contribution in [1.82, 2.24) is 0 Å². The number of nitrogens with two attached hydrogens (primary N) is 1. The van der Waals surface area contributed by atoms with Gasteiger partial charge in [-0.1, -0.05) is 12.1 Å². The summed E-state index contributed by atoms with van der Waals surface area (Å²) in [4.78, 5) is 11.8. The SMILES string of the molecule is CC(C)(N)CCC(=O)Nc1ccc(C(C)(C)C#N)cc1. The summed E-state index contributed by atoms with van der Waals surface area (Å²) in [6, 6.07) is 9.63. The number of hydrogen-bond acceptors (Lipinski definition) is 3. The van der Waals surface area contributed by atoms with Crippen LogP contribution in [0.25, 0.3) is 0 Å². The van der Waals surface area contributed by atoms with Crippen LogP contribution >= 0.6 is 0 Å². The Bertz CT molecular complexity index is 504. The third-order valence-corrected chi connectivity index (χ3v) is 3.17. The number of anilines is 1. The van der Waals surface area contributed by atoms with Gasteiger partial charge in [-0.2, -0.15) is 5.26 Å². The fraction of sp³-hybridized carbons (Fsp3) is 0.500. The molecule has 1 rings (SSSR count). The smallest absolute Gasteiger partial charge is 0.224 e. The van der Waals surface area contributed by atoms with Crippen LogP contribution in [-0.2, 0) is 10.2 Å². The molecule has 1 aromatic rings. The first-order chi connectivity index (χ1) is 9.14. The zero-order chi connectivity index (χ0) is 15.4. The highest BCUT2D eigenvalue weighted by Gasteiger charge is 2.19. The molecule has 1 aromatic carbocycles. The van der Waals surface area contributed by atoms with Crippen molar-refractivity contribution in [3.05, 3.63) is 29.8 Å².